The van der Waals surface area contributed by atoms with Gasteiger partial charge in [0.1, 0.15) is 5.57 Å². The Hall–Kier alpha value is -3.31. The van der Waals surface area contributed by atoms with E-state index in [2.05, 4.69) is 27.9 Å². The first-order chi connectivity index (χ1) is 15.7. The molecule has 7 nitrogen and oxygen atoms in total. The Labute approximate surface area is 208 Å². The van der Waals surface area contributed by atoms with Gasteiger partial charge in [0.15, 0.2) is 5.11 Å². The quantitative estimate of drug-likeness (QED) is 0.212. The zero-order valence-corrected chi connectivity index (χ0v) is 20.6. The second kappa shape index (κ2) is 8.91. The number of nitrogens with one attached hydrogen (secondary N) is 1. The number of hydrogen-bond acceptors (Lipinski definition) is 4. The topological polar surface area (TPSA) is 91.6 Å². The van der Waals surface area contributed by atoms with E-state index in [0.29, 0.717) is 0 Å². The zero-order chi connectivity index (χ0) is 23.9. The summed E-state index contributed by atoms with van der Waals surface area (Å²) < 4.78 is 3.17. The number of carboxylic acid groups (broad SMARTS) is 1. The first-order valence-electron chi connectivity index (χ1n) is 9.87. The minimum Gasteiger partial charge on any atom is -0.478 e. The van der Waals surface area contributed by atoms with E-state index in [0.717, 1.165) is 31.1 Å². The minimum absolute atomic E-state index is 0.00611. The van der Waals surface area contributed by atoms with Gasteiger partial charge < -0.3 is 9.67 Å². The van der Waals surface area contributed by atoms with Crippen LogP contribution in [-0.2, 0) is 9.59 Å². The molecule has 1 aliphatic heterocycles. The van der Waals surface area contributed by atoms with E-state index in [4.69, 9.17) is 12.2 Å². The monoisotopic (exact) mass is 571 g/mol. The molecule has 1 fully saturated rings. The summed E-state index contributed by atoms with van der Waals surface area (Å²) in [5, 5.41) is 11.7. The molecule has 0 spiro atoms. The van der Waals surface area contributed by atoms with E-state index in [1.807, 2.05) is 48.7 Å². The Kier molecular flexibility index (Phi) is 6.17. The molecule has 33 heavy (non-hydrogen) atoms. The van der Waals surface area contributed by atoms with E-state index >= 15 is 0 Å². The number of carboxylic acids is 1. The van der Waals surface area contributed by atoms with Crippen LogP contribution in [0.1, 0.15) is 27.3 Å². The summed E-state index contributed by atoms with van der Waals surface area (Å²) in [5.41, 5.74) is 3.69. The maximum atomic E-state index is 13.3. The molecule has 4 rings (SSSR count). The Morgan fingerprint density at radius 3 is 2.42 bits per heavy atom. The fraction of sp³-hybridized carbons (Fsp3) is 0.0833. The molecule has 166 valence electrons. The summed E-state index contributed by atoms with van der Waals surface area (Å²) >= 11 is 7.45. The Morgan fingerprint density at radius 1 is 1.06 bits per heavy atom. The third kappa shape index (κ3) is 4.33. The fourth-order valence-corrected chi connectivity index (χ4v) is 4.39. The lowest BCUT2D eigenvalue weighted by Crippen LogP contribution is -2.54. The highest BCUT2D eigenvalue weighted by molar-refractivity contribution is 14.1. The second-order valence-electron chi connectivity index (χ2n) is 7.45. The number of hydrogen-bond donors (Lipinski definition) is 2. The van der Waals surface area contributed by atoms with Gasteiger partial charge in [0, 0.05) is 20.6 Å². The van der Waals surface area contributed by atoms with Gasteiger partial charge in [-0.25, -0.2) is 4.79 Å². The molecule has 3 aromatic rings. The van der Waals surface area contributed by atoms with Gasteiger partial charge in [-0.2, -0.15) is 0 Å². The van der Waals surface area contributed by atoms with Crippen LogP contribution in [0.3, 0.4) is 0 Å². The Balaban J connectivity index is 1.76. The molecule has 0 bridgehead atoms. The zero-order valence-electron chi connectivity index (χ0n) is 17.6. The summed E-state index contributed by atoms with van der Waals surface area (Å²) in [5.74, 6) is -2.35. The van der Waals surface area contributed by atoms with Crippen molar-refractivity contribution in [3.8, 4) is 5.69 Å². The number of thiocarbonyl (C=S) groups is 1. The highest BCUT2D eigenvalue weighted by Gasteiger charge is 2.35. The number of aromatic nitrogens is 1. The summed E-state index contributed by atoms with van der Waals surface area (Å²) in [6, 6.07) is 15.8. The molecule has 9 heteroatoms. The van der Waals surface area contributed by atoms with Gasteiger partial charge in [0.05, 0.1) is 11.3 Å². The molecule has 1 saturated heterocycles. The van der Waals surface area contributed by atoms with E-state index < -0.39 is 17.8 Å². The number of aromatic carboxylic acids is 1. The number of benzene rings is 2. The average molecular weight is 571 g/mol. The van der Waals surface area contributed by atoms with Crippen LogP contribution >= 0.6 is 34.8 Å². The van der Waals surface area contributed by atoms with Crippen molar-refractivity contribution in [1.82, 2.24) is 9.88 Å². The van der Waals surface area contributed by atoms with Gasteiger partial charge in [0.25, 0.3) is 11.8 Å². The molecule has 0 aliphatic carbocycles. The Morgan fingerprint density at radius 2 is 1.76 bits per heavy atom. The first kappa shape index (κ1) is 22.9. The van der Waals surface area contributed by atoms with Crippen LogP contribution in [0.25, 0.3) is 11.8 Å². The largest absolute Gasteiger partial charge is 0.478 e. The molecular weight excluding hydrogens is 553 g/mol. The number of amides is 2. The predicted molar refractivity (Wildman–Crippen MR) is 138 cm³/mol. The summed E-state index contributed by atoms with van der Waals surface area (Å²) in [6.07, 6.45) is 1.54. The van der Waals surface area contributed by atoms with Crippen molar-refractivity contribution in [1.29, 1.82) is 0 Å². The smallest absolute Gasteiger partial charge is 0.335 e. The van der Waals surface area contributed by atoms with E-state index in [-0.39, 0.29) is 21.9 Å². The van der Waals surface area contributed by atoms with Gasteiger partial charge in [-0.15, -0.1) is 0 Å². The molecule has 2 heterocycles. The van der Waals surface area contributed by atoms with Gasteiger partial charge >= 0.3 is 5.97 Å². The van der Waals surface area contributed by atoms with Crippen molar-refractivity contribution in [2.75, 3.05) is 4.90 Å². The fourth-order valence-electron chi connectivity index (χ4n) is 3.75. The van der Waals surface area contributed by atoms with Crippen LogP contribution in [-0.4, -0.2) is 32.6 Å². The average Bonchev–Trinajstić information content (AvgIpc) is 3.05. The number of rotatable bonds is 4. The number of anilines is 1. The molecule has 2 amide bonds. The van der Waals surface area contributed by atoms with Gasteiger partial charge in [0.2, 0.25) is 0 Å². The van der Waals surface area contributed by atoms with Crippen molar-refractivity contribution < 1.29 is 19.5 Å². The first-order valence-corrected chi connectivity index (χ1v) is 11.4. The number of nitrogens with zero attached hydrogens (tertiary/aromatic N) is 2. The van der Waals surface area contributed by atoms with E-state index in [1.165, 1.54) is 18.2 Å². The van der Waals surface area contributed by atoms with Crippen LogP contribution in [0.5, 0.6) is 0 Å². The number of aryl methyl sites for hydroxylation is 1. The third-order valence-corrected chi connectivity index (χ3v) is 6.31. The minimum atomic E-state index is -1.13. The molecule has 0 unspecified atom stereocenters. The van der Waals surface area contributed by atoms with Crippen molar-refractivity contribution in [3.05, 3.63) is 86.3 Å². The summed E-state index contributed by atoms with van der Waals surface area (Å²) in [7, 11) is 0. The lowest BCUT2D eigenvalue weighted by molar-refractivity contribution is -0.122. The van der Waals surface area contributed by atoms with Crippen LogP contribution < -0.4 is 10.2 Å². The van der Waals surface area contributed by atoms with Crippen LogP contribution in [0.4, 0.5) is 5.69 Å². The summed E-state index contributed by atoms with van der Waals surface area (Å²) in [6.45, 7) is 3.87. The van der Waals surface area contributed by atoms with E-state index in [1.54, 1.807) is 12.1 Å². The van der Waals surface area contributed by atoms with Crippen molar-refractivity contribution >= 4 is 69.5 Å². The van der Waals surface area contributed by atoms with Crippen LogP contribution in [0, 0.1) is 17.4 Å². The lowest BCUT2D eigenvalue weighted by Gasteiger charge is -2.29. The molecule has 0 radical (unpaired) electrons. The molecular formula is C24H18IN3O4S. The number of carbonyl (C=O) groups is 3. The molecule has 1 aliphatic rings. The highest BCUT2D eigenvalue weighted by Crippen LogP contribution is 2.27. The second-order valence-corrected chi connectivity index (χ2v) is 9.08. The third-order valence-electron chi connectivity index (χ3n) is 5.31. The molecule has 2 aromatic carbocycles. The van der Waals surface area contributed by atoms with Crippen molar-refractivity contribution in [2.24, 2.45) is 0 Å². The number of halogens is 1. The molecule has 0 atom stereocenters. The highest BCUT2D eigenvalue weighted by atomic mass is 127. The van der Waals surface area contributed by atoms with Gasteiger partial charge in [-0.1, -0.05) is 6.07 Å². The number of carbonyl (C=O) groups excluding carboxylic acids is 2. The maximum absolute atomic E-state index is 13.3. The maximum Gasteiger partial charge on any atom is 0.335 e. The molecule has 0 saturated carbocycles. The predicted octanol–water partition coefficient (Wildman–Crippen LogP) is 4.23. The van der Waals surface area contributed by atoms with Crippen LogP contribution in [0.2, 0.25) is 0 Å². The lowest BCUT2D eigenvalue weighted by atomic mass is 10.1. The molecule has 2 N–H and O–H groups in total. The van der Waals surface area contributed by atoms with Gasteiger partial charge in [-0.3, -0.25) is 19.8 Å². The summed E-state index contributed by atoms with van der Waals surface area (Å²) in [4.78, 5) is 38.4. The molecule has 1 aromatic heterocycles. The standard InChI is InChI=1S/C24H18IN3O4S/c1-13-10-16(14(2)27(13)18-8-6-17(25)7-9-18)12-20-21(29)26-24(33)28(22(20)30)19-5-3-4-15(11-19)23(31)32/h3-12H,1-2H3,(H,31,32)(H,26,29,33). The normalized spacial score (nSPS) is 15.2. The van der Waals surface area contributed by atoms with E-state index in [9.17, 15) is 19.5 Å². The van der Waals surface area contributed by atoms with Crippen molar-refractivity contribution in [2.45, 2.75) is 13.8 Å². The Bertz CT molecular complexity index is 1360. The van der Waals surface area contributed by atoms with Crippen molar-refractivity contribution in [3.63, 3.8) is 0 Å². The van der Waals surface area contributed by atoms with Crippen LogP contribution in [0.15, 0.2) is 60.2 Å². The van der Waals surface area contributed by atoms with Gasteiger partial charge in [-0.05, 0) is 109 Å². The SMILES string of the molecule is Cc1cc(C=C2C(=O)NC(=S)N(c3cccc(C(=O)O)c3)C2=O)c(C)n1-c1ccc(I)cc1.